The summed E-state index contributed by atoms with van der Waals surface area (Å²) < 4.78 is 5.47. The smallest absolute Gasteiger partial charge is 0.303 e. The maximum atomic E-state index is 13.2. The van der Waals surface area contributed by atoms with E-state index in [0.29, 0.717) is 24.9 Å². The second-order valence-corrected chi connectivity index (χ2v) is 12.0. The third-order valence-electron chi connectivity index (χ3n) is 9.66. The number of quaternary nitrogens is 1. The number of Topliss-reactive ketones (excluding diaryl/α,β-unsaturated/α-hetero) is 1. The number of hydroxylamine groups is 2. The highest BCUT2D eigenvalue weighted by Gasteiger charge is 2.67. The first-order valence-corrected chi connectivity index (χ1v) is 13.2. The number of carbonyl (C=O) groups excluding carboxylic acids is 3. The lowest BCUT2D eigenvalue weighted by Crippen LogP contribution is -2.57. The Hall–Kier alpha value is -2.57. The van der Waals surface area contributed by atoms with E-state index in [-0.39, 0.29) is 29.3 Å². The van der Waals surface area contributed by atoms with Crippen LogP contribution in [-0.4, -0.2) is 37.2 Å². The Morgan fingerprint density at radius 3 is 2.36 bits per heavy atom. The molecule has 192 valence electrons. The van der Waals surface area contributed by atoms with Crippen molar-refractivity contribution in [3.63, 3.8) is 0 Å². The molecule has 1 aromatic rings. The molecule has 4 aliphatic rings. The predicted octanol–water partition coefficient (Wildman–Crippen LogP) is 5.54. The fraction of sp³-hybridized carbons (Fsp3) is 0.567. The highest BCUT2D eigenvalue weighted by atomic mass is 16.6. The van der Waals surface area contributed by atoms with Gasteiger partial charge < -0.3 is 14.6 Å². The fourth-order valence-electron chi connectivity index (χ4n) is 8.08. The molecule has 6 nitrogen and oxygen atoms in total. The van der Waals surface area contributed by atoms with Crippen LogP contribution in [0.2, 0.25) is 0 Å². The van der Waals surface area contributed by atoms with Crippen molar-refractivity contribution in [3.05, 3.63) is 57.8 Å². The van der Waals surface area contributed by atoms with E-state index in [0.717, 1.165) is 31.2 Å². The van der Waals surface area contributed by atoms with Crippen LogP contribution in [0.1, 0.15) is 77.2 Å². The number of benzene rings is 1. The quantitative estimate of drug-likeness (QED) is 0.314. The SMILES string of the molecule is CC(=O)O[C@]1(C(C)=O)CC[C@H]2[C@@H]3CCC4=CC(=O)CCC4=C3[C@@H](c3ccc([N+](C)(C)[O-])cc3)C[C@@]21C. The molecule has 0 aromatic heterocycles. The molecule has 0 saturated heterocycles. The van der Waals surface area contributed by atoms with Gasteiger partial charge in [0.2, 0.25) is 0 Å². The minimum absolute atomic E-state index is 0.0341. The van der Waals surface area contributed by atoms with Gasteiger partial charge >= 0.3 is 5.97 Å². The molecule has 2 saturated carbocycles. The van der Waals surface area contributed by atoms with Gasteiger partial charge in [-0.25, -0.2) is 0 Å². The number of esters is 1. The number of hydrogen-bond donors (Lipinski definition) is 0. The molecule has 0 radical (unpaired) electrons. The van der Waals surface area contributed by atoms with Gasteiger partial charge in [-0.05, 0) is 92.2 Å². The second kappa shape index (κ2) is 8.49. The summed E-state index contributed by atoms with van der Waals surface area (Å²) in [6.45, 7) is 5.12. The lowest BCUT2D eigenvalue weighted by atomic mass is 9.50. The Balaban J connectivity index is 1.68. The molecule has 4 aliphatic carbocycles. The molecule has 1 aromatic carbocycles. The molecule has 0 heterocycles. The number of carbonyl (C=O) groups is 3. The molecule has 2 fully saturated rings. The van der Waals surface area contributed by atoms with E-state index in [1.165, 1.54) is 23.6 Å². The van der Waals surface area contributed by atoms with Gasteiger partial charge in [0.1, 0.15) is 5.69 Å². The normalized spacial score (nSPS) is 33.9. The summed E-state index contributed by atoms with van der Waals surface area (Å²) in [5.74, 6) is 0.264. The van der Waals surface area contributed by atoms with Crippen LogP contribution < -0.4 is 4.65 Å². The lowest BCUT2D eigenvalue weighted by molar-refractivity contribution is -0.182. The van der Waals surface area contributed by atoms with Crippen molar-refractivity contribution in [2.75, 3.05) is 14.1 Å². The van der Waals surface area contributed by atoms with Gasteiger partial charge in [0.05, 0.1) is 14.1 Å². The standard InChI is InChI=1S/C30H37NO5/c1-18(32)30(36-19(2)33)15-14-27-25-12-8-21-16-23(34)11-13-24(21)28(25)26(17-29(27,30)3)20-6-9-22(10-7-20)31(4,5)35/h6-7,9-10,16,25-27H,8,11-15,17H2,1-5H3/t25-,26+,27-,29-,30-/m0/s1. The number of rotatable bonds is 4. The first-order valence-electron chi connectivity index (χ1n) is 13.2. The third-order valence-corrected chi connectivity index (χ3v) is 9.66. The zero-order valence-corrected chi connectivity index (χ0v) is 22.1. The first kappa shape index (κ1) is 25.1. The van der Waals surface area contributed by atoms with Crippen LogP contribution in [-0.2, 0) is 19.1 Å². The van der Waals surface area contributed by atoms with Crippen molar-refractivity contribution >= 4 is 23.2 Å². The molecule has 0 amide bonds. The lowest BCUT2D eigenvalue weighted by Gasteiger charge is -2.55. The van der Waals surface area contributed by atoms with E-state index in [9.17, 15) is 19.6 Å². The van der Waals surface area contributed by atoms with Crippen LogP contribution in [0.5, 0.6) is 0 Å². The molecule has 5 rings (SSSR count). The Morgan fingerprint density at radius 2 is 1.75 bits per heavy atom. The molecule has 0 N–H and O–H groups in total. The molecule has 0 unspecified atom stereocenters. The zero-order valence-electron chi connectivity index (χ0n) is 22.1. The third kappa shape index (κ3) is 3.72. The van der Waals surface area contributed by atoms with Gasteiger partial charge in [0.25, 0.3) is 0 Å². The van der Waals surface area contributed by atoms with Gasteiger partial charge in [-0.15, -0.1) is 0 Å². The van der Waals surface area contributed by atoms with E-state index in [4.69, 9.17) is 4.74 Å². The van der Waals surface area contributed by atoms with Crippen molar-refractivity contribution < 1.29 is 19.1 Å². The van der Waals surface area contributed by atoms with Crippen molar-refractivity contribution in [2.45, 2.75) is 77.2 Å². The Kier molecular flexibility index (Phi) is 5.92. The topological polar surface area (TPSA) is 83.5 Å². The van der Waals surface area contributed by atoms with Gasteiger partial charge in [0.15, 0.2) is 17.2 Å². The largest absolute Gasteiger partial charge is 0.628 e. The average molecular weight is 492 g/mol. The molecule has 0 aliphatic heterocycles. The number of ether oxygens (including phenoxy) is 1. The van der Waals surface area contributed by atoms with Crippen molar-refractivity contribution in [1.82, 2.24) is 4.65 Å². The minimum atomic E-state index is -1.12. The van der Waals surface area contributed by atoms with Crippen molar-refractivity contribution in [1.29, 1.82) is 0 Å². The van der Waals surface area contributed by atoms with Gasteiger partial charge in [-0.3, -0.25) is 14.4 Å². The summed E-state index contributed by atoms with van der Waals surface area (Å²) in [5.41, 5.74) is 4.09. The van der Waals surface area contributed by atoms with E-state index in [1.54, 1.807) is 21.0 Å². The monoisotopic (exact) mass is 491 g/mol. The van der Waals surface area contributed by atoms with Crippen LogP contribution in [0.4, 0.5) is 5.69 Å². The molecule has 5 atom stereocenters. The summed E-state index contributed by atoms with van der Waals surface area (Å²) in [6.07, 6.45) is 7.04. The average Bonchev–Trinajstić information content (AvgIpc) is 3.10. The highest BCUT2D eigenvalue weighted by molar-refractivity contribution is 5.93. The molecule has 0 bridgehead atoms. The predicted molar refractivity (Wildman–Crippen MR) is 139 cm³/mol. The summed E-state index contributed by atoms with van der Waals surface area (Å²) in [4.78, 5) is 37.7. The van der Waals surface area contributed by atoms with Crippen LogP contribution in [0.15, 0.2) is 47.1 Å². The molecule has 36 heavy (non-hydrogen) atoms. The minimum Gasteiger partial charge on any atom is -0.628 e. The Bertz CT molecular complexity index is 1190. The van der Waals surface area contributed by atoms with E-state index in [2.05, 4.69) is 19.1 Å². The van der Waals surface area contributed by atoms with Crippen molar-refractivity contribution in [3.8, 4) is 0 Å². The summed E-state index contributed by atoms with van der Waals surface area (Å²) >= 11 is 0. The molecule has 0 spiro atoms. The number of hydrogen-bond acceptors (Lipinski definition) is 5. The van der Waals surface area contributed by atoms with Gasteiger partial charge in [-0.1, -0.05) is 24.6 Å². The number of fused-ring (bicyclic) bond motifs is 4. The van der Waals surface area contributed by atoms with Crippen LogP contribution in [0, 0.1) is 22.5 Å². The van der Waals surface area contributed by atoms with E-state index >= 15 is 0 Å². The Labute approximate surface area is 213 Å². The number of allylic oxidation sites excluding steroid dienone is 4. The van der Waals surface area contributed by atoms with Crippen LogP contribution in [0.3, 0.4) is 0 Å². The fourth-order valence-corrected chi connectivity index (χ4v) is 8.08. The van der Waals surface area contributed by atoms with Gasteiger partial charge in [0, 0.05) is 24.7 Å². The number of ketones is 2. The summed E-state index contributed by atoms with van der Waals surface area (Å²) in [5, 5.41) is 12.5. The van der Waals surface area contributed by atoms with Gasteiger partial charge in [-0.2, -0.15) is 0 Å². The van der Waals surface area contributed by atoms with Crippen molar-refractivity contribution in [2.24, 2.45) is 17.3 Å². The summed E-state index contributed by atoms with van der Waals surface area (Å²) in [7, 11) is 3.22. The highest BCUT2D eigenvalue weighted by Crippen LogP contribution is 2.67. The van der Waals surface area contributed by atoms with Crippen LogP contribution >= 0.6 is 0 Å². The zero-order chi connectivity index (χ0) is 26.0. The maximum absolute atomic E-state index is 13.2. The molecular formula is C30H37NO5. The van der Waals surface area contributed by atoms with Crippen LogP contribution in [0.25, 0.3) is 0 Å². The Morgan fingerprint density at radius 1 is 1.06 bits per heavy atom. The molecular weight excluding hydrogens is 454 g/mol. The first-order chi connectivity index (χ1) is 16.9. The van der Waals surface area contributed by atoms with E-state index < -0.39 is 21.6 Å². The van der Waals surface area contributed by atoms with E-state index in [1.807, 2.05) is 18.2 Å². The summed E-state index contributed by atoms with van der Waals surface area (Å²) in [6, 6.07) is 7.91. The second-order valence-electron chi connectivity index (χ2n) is 12.0. The number of nitrogens with zero attached hydrogens (tertiary/aromatic N) is 1. The maximum Gasteiger partial charge on any atom is 0.303 e. The molecule has 6 heteroatoms.